The van der Waals surface area contributed by atoms with E-state index in [9.17, 15) is 4.79 Å². The van der Waals surface area contributed by atoms with Crippen LogP contribution in [-0.4, -0.2) is 60.9 Å². The number of carbonyl (C=O) groups is 1. The summed E-state index contributed by atoms with van der Waals surface area (Å²) in [7, 11) is 3.15. The molecule has 4 rings (SSSR count). The normalized spacial score (nSPS) is 17.1. The van der Waals surface area contributed by atoms with Gasteiger partial charge in [-0.05, 0) is 30.5 Å². The number of thioether (sulfide) groups is 1. The van der Waals surface area contributed by atoms with Crippen molar-refractivity contribution in [2.75, 3.05) is 38.9 Å². The van der Waals surface area contributed by atoms with E-state index < -0.39 is 5.66 Å². The number of methoxy groups -OCH3 is 2. The Labute approximate surface area is 196 Å². The van der Waals surface area contributed by atoms with E-state index in [2.05, 4.69) is 5.32 Å². The van der Waals surface area contributed by atoms with Crippen molar-refractivity contribution in [2.45, 2.75) is 18.5 Å². The van der Waals surface area contributed by atoms with Crippen molar-refractivity contribution in [1.82, 2.24) is 4.90 Å². The molecule has 2 aromatic rings. The first-order valence-electron chi connectivity index (χ1n) is 10.2. The maximum atomic E-state index is 12.9. The van der Waals surface area contributed by atoms with Crippen molar-refractivity contribution in [1.29, 1.82) is 0 Å². The number of benzene rings is 2. The molecular weight excluding hydrogens is 448 g/mol. The van der Waals surface area contributed by atoms with E-state index in [0.717, 1.165) is 16.3 Å². The molecule has 9 heteroatoms. The highest BCUT2D eigenvalue weighted by molar-refractivity contribution is 8.15. The Bertz CT molecular complexity index is 1060. The SMILES string of the molecule is COc1ccc(NC(=O)N2CCC3(CC2)N=C(SC)C(c2ccc(Cl)cc2)=N3)c(OC)c1. The van der Waals surface area contributed by atoms with Crippen LogP contribution in [0, 0.1) is 0 Å². The van der Waals surface area contributed by atoms with Crippen molar-refractivity contribution >= 4 is 45.8 Å². The summed E-state index contributed by atoms with van der Waals surface area (Å²) in [5, 5.41) is 4.56. The summed E-state index contributed by atoms with van der Waals surface area (Å²) in [6, 6.07) is 12.8. The van der Waals surface area contributed by atoms with Crippen LogP contribution >= 0.6 is 23.4 Å². The number of anilines is 1. The van der Waals surface area contributed by atoms with Crippen LogP contribution in [-0.2, 0) is 0 Å². The van der Waals surface area contributed by atoms with Gasteiger partial charge in [-0.3, -0.25) is 4.99 Å². The quantitative estimate of drug-likeness (QED) is 0.683. The van der Waals surface area contributed by atoms with Crippen molar-refractivity contribution in [3.8, 4) is 11.5 Å². The fourth-order valence-corrected chi connectivity index (χ4v) is 4.59. The molecule has 0 aromatic heterocycles. The lowest BCUT2D eigenvalue weighted by Crippen LogP contribution is -2.46. The number of likely N-dealkylation sites (tertiary alicyclic amines) is 1. The average Bonchev–Trinajstić information content (AvgIpc) is 3.18. The molecule has 0 saturated carbocycles. The zero-order chi connectivity index (χ0) is 22.7. The number of nitrogens with one attached hydrogen (secondary N) is 1. The standard InChI is InChI=1S/C23H25ClN4O3S/c1-30-17-8-9-18(19(14-17)31-2)25-22(29)28-12-10-23(11-13-28)26-20(21(27-23)32-3)15-4-6-16(24)7-5-15/h4-9,14H,10-13H2,1-3H3,(H,25,29). The molecule has 7 nitrogen and oxygen atoms in total. The molecule has 2 aromatic carbocycles. The van der Waals surface area contributed by atoms with E-state index >= 15 is 0 Å². The Morgan fingerprint density at radius 3 is 2.44 bits per heavy atom. The molecule has 0 atom stereocenters. The number of carbonyl (C=O) groups excluding carboxylic acids is 1. The Balaban J connectivity index is 1.45. The predicted octanol–water partition coefficient (Wildman–Crippen LogP) is 4.95. The number of amides is 2. The van der Waals surface area contributed by atoms with Gasteiger partial charge < -0.3 is 19.7 Å². The molecule has 0 unspecified atom stereocenters. The minimum atomic E-state index is -0.512. The number of hydrogen-bond acceptors (Lipinski definition) is 6. The molecule has 1 fully saturated rings. The first-order chi connectivity index (χ1) is 15.5. The molecule has 2 heterocycles. The van der Waals surface area contributed by atoms with Crippen molar-refractivity contribution in [2.24, 2.45) is 9.98 Å². The van der Waals surface area contributed by atoms with E-state index in [1.54, 1.807) is 49.1 Å². The van der Waals surface area contributed by atoms with Crippen LogP contribution in [0.2, 0.25) is 5.02 Å². The third-order valence-corrected chi connectivity index (χ3v) is 6.57. The van der Waals surface area contributed by atoms with Crippen LogP contribution in [0.4, 0.5) is 10.5 Å². The van der Waals surface area contributed by atoms with Crippen LogP contribution in [0.3, 0.4) is 0 Å². The van der Waals surface area contributed by atoms with Gasteiger partial charge in [-0.2, -0.15) is 0 Å². The number of rotatable bonds is 4. The molecule has 0 bridgehead atoms. The zero-order valence-electron chi connectivity index (χ0n) is 18.2. The Kier molecular flexibility index (Phi) is 6.62. The minimum absolute atomic E-state index is 0.169. The second-order valence-electron chi connectivity index (χ2n) is 7.55. The highest BCUT2D eigenvalue weighted by atomic mass is 35.5. The van der Waals surface area contributed by atoms with E-state index in [4.69, 9.17) is 31.1 Å². The summed E-state index contributed by atoms with van der Waals surface area (Å²) in [6.07, 6.45) is 3.34. The van der Waals surface area contributed by atoms with Crippen LogP contribution < -0.4 is 14.8 Å². The third-order valence-electron chi connectivity index (χ3n) is 5.64. The van der Waals surface area contributed by atoms with Gasteiger partial charge in [-0.1, -0.05) is 23.7 Å². The van der Waals surface area contributed by atoms with Gasteiger partial charge in [0.25, 0.3) is 0 Å². The van der Waals surface area contributed by atoms with Gasteiger partial charge >= 0.3 is 6.03 Å². The number of nitrogens with zero attached hydrogens (tertiary/aromatic N) is 3. The lowest BCUT2D eigenvalue weighted by Gasteiger charge is -2.35. The topological polar surface area (TPSA) is 75.5 Å². The molecule has 2 aliphatic heterocycles. The summed E-state index contributed by atoms with van der Waals surface area (Å²) in [6.45, 7) is 1.12. The number of hydrogen-bond donors (Lipinski definition) is 1. The molecule has 1 saturated heterocycles. The molecule has 0 radical (unpaired) electrons. The van der Waals surface area contributed by atoms with Gasteiger partial charge in [0.2, 0.25) is 0 Å². The van der Waals surface area contributed by atoms with Crippen LogP contribution in [0.15, 0.2) is 52.4 Å². The van der Waals surface area contributed by atoms with E-state index in [1.165, 1.54) is 0 Å². The van der Waals surface area contributed by atoms with Crippen molar-refractivity contribution in [3.63, 3.8) is 0 Å². The number of ether oxygens (including phenoxy) is 2. The molecule has 32 heavy (non-hydrogen) atoms. The highest BCUT2D eigenvalue weighted by Crippen LogP contribution is 2.36. The van der Waals surface area contributed by atoms with E-state index in [-0.39, 0.29) is 6.03 Å². The van der Waals surface area contributed by atoms with Crippen LogP contribution in [0.1, 0.15) is 18.4 Å². The summed E-state index contributed by atoms with van der Waals surface area (Å²) >= 11 is 7.63. The molecular formula is C23H25ClN4O3S. The first kappa shape index (κ1) is 22.5. The van der Waals surface area contributed by atoms with E-state index in [1.807, 2.05) is 30.5 Å². The van der Waals surface area contributed by atoms with E-state index in [0.29, 0.717) is 48.1 Å². The number of piperidine rings is 1. The van der Waals surface area contributed by atoms with Gasteiger partial charge in [-0.25, -0.2) is 9.79 Å². The predicted molar refractivity (Wildman–Crippen MR) is 131 cm³/mol. The maximum absolute atomic E-state index is 12.9. The smallest absolute Gasteiger partial charge is 0.321 e. The lowest BCUT2D eigenvalue weighted by atomic mass is 9.98. The molecule has 2 amide bonds. The minimum Gasteiger partial charge on any atom is -0.497 e. The fraction of sp³-hybridized carbons (Fsp3) is 0.348. The van der Waals surface area contributed by atoms with Crippen molar-refractivity contribution in [3.05, 3.63) is 53.1 Å². The van der Waals surface area contributed by atoms with Gasteiger partial charge in [0.1, 0.15) is 16.5 Å². The largest absolute Gasteiger partial charge is 0.497 e. The zero-order valence-corrected chi connectivity index (χ0v) is 19.8. The summed E-state index contributed by atoms with van der Waals surface area (Å²) in [5.41, 5.74) is 1.99. The summed E-state index contributed by atoms with van der Waals surface area (Å²) in [4.78, 5) is 24.6. The summed E-state index contributed by atoms with van der Waals surface area (Å²) in [5.74, 6) is 1.21. The van der Waals surface area contributed by atoms with Gasteiger partial charge in [0, 0.05) is 42.6 Å². The Morgan fingerprint density at radius 2 is 1.81 bits per heavy atom. The van der Waals surface area contributed by atoms with Crippen LogP contribution in [0.25, 0.3) is 0 Å². The highest BCUT2D eigenvalue weighted by Gasteiger charge is 2.40. The summed E-state index contributed by atoms with van der Waals surface area (Å²) < 4.78 is 10.6. The number of halogens is 1. The van der Waals surface area contributed by atoms with Gasteiger partial charge in [-0.15, -0.1) is 11.8 Å². The van der Waals surface area contributed by atoms with Crippen LogP contribution in [0.5, 0.6) is 11.5 Å². The monoisotopic (exact) mass is 472 g/mol. The average molecular weight is 473 g/mol. The molecule has 2 aliphatic rings. The molecule has 1 N–H and O–H groups in total. The second-order valence-corrected chi connectivity index (χ2v) is 8.79. The Hall–Kier alpha value is -2.71. The van der Waals surface area contributed by atoms with Gasteiger partial charge in [0.15, 0.2) is 5.66 Å². The number of urea groups is 1. The first-order valence-corrected chi connectivity index (χ1v) is 11.8. The third kappa shape index (κ3) is 4.56. The second kappa shape index (κ2) is 9.42. The fourth-order valence-electron chi connectivity index (χ4n) is 3.85. The maximum Gasteiger partial charge on any atom is 0.321 e. The lowest BCUT2D eigenvalue weighted by molar-refractivity contribution is 0.175. The molecule has 0 aliphatic carbocycles. The molecule has 168 valence electrons. The number of aliphatic imine (C=N–C) groups is 2. The molecule has 1 spiro atoms. The Morgan fingerprint density at radius 1 is 1.09 bits per heavy atom. The van der Waals surface area contributed by atoms with Crippen molar-refractivity contribution < 1.29 is 14.3 Å². The van der Waals surface area contributed by atoms with Gasteiger partial charge in [0.05, 0.1) is 25.6 Å².